The van der Waals surface area contributed by atoms with Gasteiger partial charge in [-0.25, -0.2) is 4.79 Å². The Morgan fingerprint density at radius 1 is 0.941 bits per heavy atom. The third kappa shape index (κ3) is 2.32. The number of nitrogens with zero attached hydrogens (tertiary/aromatic N) is 1. The van der Waals surface area contributed by atoms with E-state index in [9.17, 15) is 4.79 Å². The monoisotopic (exact) mass is 223 g/mol. The summed E-state index contributed by atoms with van der Waals surface area (Å²) in [5, 5.41) is 0. The summed E-state index contributed by atoms with van der Waals surface area (Å²) in [7, 11) is 0. The summed E-state index contributed by atoms with van der Waals surface area (Å²) >= 11 is 0. The maximum absolute atomic E-state index is 10.1. The molecule has 0 saturated heterocycles. The van der Waals surface area contributed by atoms with Crippen molar-refractivity contribution < 1.29 is 4.79 Å². The van der Waals surface area contributed by atoms with Crippen molar-refractivity contribution in [1.82, 2.24) is 0 Å². The van der Waals surface area contributed by atoms with Gasteiger partial charge < -0.3 is 0 Å². The van der Waals surface area contributed by atoms with E-state index in [4.69, 9.17) is 0 Å². The van der Waals surface area contributed by atoms with Crippen LogP contribution < -0.4 is 0 Å². The molecule has 0 aliphatic rings. The molecule has 17 heavy (non-hydrogen) atoms. The van der Waals surface area contributed by atoms with E-state index in [2.05, 4.69) is 37.0 Å². The predicted octanol–water partition coefficient (Wildman–Crippen LogP) is 3.94. The van der Waals surface area contributed by atoms with Crippen molar-refractivity contribution in [3.63, 3.8) is 0 Å². The fraction of sp³-hybridized carbons (Fsp3) is 0.133. The summed E-state index contributed by atoms with van der Waals surface area (Å²) < 4.78 is 0. The Bertz CT molecular complexity index is 558. The molecule has 2 rings (SSSR count). The molecule has 2 heteroatoms. The van der Waals surface area contributed by atoms with Gasteiger partial charge in [0.15, 0.2) is 0 Å². The Balaban J connectivity index is 2.50. The van der Waals surface area contributed by atoms with Crippen LogP contribution in [-0.4, -0.2) is 6.08 Å². The van der Waals surface area contributed by atoms with Crippen molar-refractivity contribution in [2.75, 3.05) is 0 Å². The first-order valence-electron chi connectivity index (χ1n) is 5.47. The maximum atomic E-state index is 10.1. The van der Waals surface area contributed by atoms with Crippen LogP contribution in [0.1, 0.15) is 11.1 Å². The van der Waals surface area contributed by atoms with E-state index < -0.39 is 0 Å². The topological polar surface area (TPSA) is 29.4 Å². The SMILES string of the molecule is Cc1cccc(C)c1-c1ccc(N=C=O)cc1. The number of aryl methyl sites for hydroxylation is 2. The van der Waals surface area contributed by atoms with Crippen LogP contribution in [0.25, 0.3) is 11.1 Å². The van der Waals surface area contributed by atoms with Crippen LogP contribution >= 0.6 is 0 Å². The van der Waals surface area contributed by atoms with Gasteiger partial charge in [-0.1, -0.05) is 30.3 Å². The molecule has 2 aromatic carbocycles. The second-order valence-corrected chi connectivity index (χ2v) is 4.02. The number of benzene rings is 2. The van der Waals surface area contributed by atoms with Crippen LogP contribution in [0.3, 0.4) is 0 Å². The molecule has 84 valence electrons. The Morgan fingerprint density at radius 2 is 1.53 bits per heavy atom. The number of aliphatic imine (C=N–C) groups is 1. The highest BCUT2D eigenvalue weighted by molar-refractivity contribution is 5.72. The number of isocyanates is 1. The van der Waals surface area contributed by atoms with Gasteiger partial charge in [-0.05, 0) is 48.2 Å². The van der Waals surface area contributed by atoms with E-state index in [0.29, 0.717) is 5.69 Å². The van der Waals surface area contributed by atoms with Gasteiger partial charge in [0.05, 0.1) is 5.69 Å². The highest BCUT2D eigenvalue weighted by Crippen LogP contribution is 2.28. The maximum Gasteiger partial charge on any atom is 0.240 e. The molecule has 0 aliphatic carbocycles. The smallest absolute Gasteiger partial charge is 0.211 e. The standard InChI is InChI=1S/C15H13NO/c1-11-4-3-5-12(2)15(11)13-6-8-14(9-7-13)16-10-17/h3-9H,1-2H3. The third-order valence-electron chi connectivity index (χ3n) is 2.81. The average molecular weight is 223 g/mol. The number of rotatable bonds is 2. The Hall–Kier alpha value is -2.18. The molecule has 2 nitrogen and oxygen atoms in total. The lowest BCUT2D eigenvalue weighted by atomic mass is 9.96. The van der Waals surface area contributed by atoms with E-state index in [1.165, 1.54) is 16.7 Å². The normalized spacial score (nSPS) is 9.76. The molecule has 0 atom stereocenters. The molecular formula is C15H13NO. The third-order valence-corrected chi connectivity index (χ3v) is 2.81. The largest absolute Gasteiger partial charge is 0.240 e. The number of hydrogen-bond donors (Lipinski definition) is 0. The van der Waals surface area contributed by atoms with E-state index in [-0.39, 0.29) is 0 Å². The van der Waals surface area contributed by atoms with Gasteiger partial charge >= 0.3 is 0 Å². The second kappa shape index (κ2) is 4.77. The molecule has 0 radical (unpaired) electrons. The number of carbonyl (C=O) groups excluding carboxylic acids is 1. The van der Waals surface area contributed by atoms with Crippen LogP contribution in [-0.2, 0) is 4.79 Å². The lowest BCUT2D eigenvalue weighted by molar-refractivity contribution is 0.565. The van der Waals surface area contributed by atoms with Crippen molar-refractivity contribution in [3.05, 3.63) is 53.6 Å². The van der Waals surface area contributed by atoms with E-state index in [0.717, 1.165) is 5.56 Å². The summed E-state index contributed by atoms with van der Waals surface area (Å²) in [5.74, 6) is 0. The Labute approximate surface area is 101 Å². The van der Waals surface area contributed by atoms with Crippen LogP contribution in [0.15, 0.2) is 47.5 Å². The minimum Gasteiger partial charge on any atom is -0.211 e. The minimum atomic E-state index is 0.634. The second-order valence-electron chi connectivity index (χ2n) is 4.02. The summed E-state index contributed by atoms with van der Waals surface area (Å²) in [6, 6.07) is 13.9. The molecule has 0 N–H and O–H groups in total. The van der Waals surface area contributed by atoms with E-state index in [1.807, 2.05) is 24.3 Å². The van der Waals surface area contributed by atoms with Gasteiger partial charge in [-0.15, -0.1) is 0 Å². The lowest BCUT2D eigenvalue weighted by Gasteiger charge is -2.09. The highest BCUT2D eigenvalue weighted by atomic mass is 16.1. The molecule has 0 saturated carbocycles. The average Bonchev–Trinajstić information content (AvgIpc) is 2.31. The molecule has 0 aliphatic heterocycles. The van der Waals surface area contributed by atoms with Crippen LogP contribution in [0, 0.1) is 13.8 Å². The zero-order valence-electron chi connectivity index (χ0n) is 9.90. The Kier molecular flexibility index (Phi) is 3.17. The Morgan fingerprint density at radius 3 is 2.06 bits per heavy atom. The molecule has 0 aromatic heterocycles. The predicted molar refractivity (Wildman–Crippen MR) is 69.1 cm³/mol. The fourth-order valence-corrected chi connectivity index (χ4v) is 2.03. The van der Waals surface area contributed by atoms with Crippen LogP contribution in [0.2, 0.25) is 0 Å². The van der Waals surface area contributed by atoms with Crippen molar-refractivity contribution in [2.45, 2.75) is 13.8 Å². The van der Waals surface area contributed by atoms with Crippen molar-refractivity contribution >= 4 is 11.8 Å². The van der Waals surface area contributed by atoms with Crippen LogP contribution in [0.4, 0.5) is 5.69 Å². The first-order chi connectivity index (χ1) is 8.22. The summed E-state index contributed by atoms with van der Waals surface area (Å²) in [6.07, 6.45) is 1.54. The lowest BCUT2D eigenvalue weighted by Crippen LogP contribution is -1.86. The summed E-state index contributed by atoms with van der Waals surface area (Å²) in [4.78, 5) is 13.7. The van der Waals surface area contributed by atoms with Crippen molar-refractivity contribution in [3.8, 4) is 11.1 Å². The quantitative estimate of drug-likeness (QED) is 0.560. The molecule has 0 bridgehead atoms. The molecule has 0 heterocycles. The van der Waals surface area contributed by atoms with Gasteiger partial charge in [0, 0.05) is 0 Å². The van der Waals surface area contributed by atoms with Gasteiger partial charge in [0.2, 0.25) is 6.08 Å². The van der Waals surface area contributed by atoms with Gasteiger partial charge in [0.25, 0.3) is 0 Å². The van der Waals surface area contributed by atoms with Crippen molar-refractivity contribution in [1.29, 1.82) is 0 Å². The fourth-order valence-electron chi connectivity index (χ4n) is 2.03. The zero-order chi connectivity index (χ0) is 12.3. The molecule has 0 amide bonds. The first-order valence-corrected chi connectivity index (χ1v) is 5.47. The number of hydrogen-bond acceptors (Lipinski definition) is 2. The summed E-state index contributed by atoms with van der Waals surface area (Å²) in [6.45, 7) is 4.19. The summed E-state index contributed by atoms with van der Waals surface area (Å²) in [5.41, 5.74) is 5.52. The molecule has 2 aromatic rings. The van der Waals surface area contributed by atoms with E-state index in [1.54, 1.807) is 6.08 Å². The molecule has 0 spiro atoms. The van der Waals surface area contributed by atoms with E-state index >= 15 is 0 Å². The highest BCUT2D eigenvalue weighted by Gasteiger charge is 2.04. The van der Waals surface area contributed by atoms with Crippen LogP contribution in [0.5, 0.6) is 0 Å². The minimum absolute atomic E-state index is 0.634. The first kappa shape index (κ1) is 11.3. The molecule has 0 fully saturated rings. The van der Waals surface area contributed by atoms with Gasteiger partial charge in [0.1, 0.15) is 0 Å². The zero-order valence-corrected chi connectivity index (χ0v) is 9.90. The van der Waals surface area contributed by atoms with Gasteiger partial charge in [-0.2, -0.15) is 4.99 Å². The molecule has 0 unspecified atom stereocenters. The van der Waals surface area contributed by atoms with Gasteiger partial charge in [-0.3, -0.25) is 0 Å². The van der Waals surface area contributed by atoms with Crippen molar-refractivity contribution in [2.24, 2.45) is 4.99 Å². The molecular weight excluding hydrogens is 210 g/mol.